The Kier molecular flexibility index (Phi) is 7.04. The fourth-order valence-corrected chi connectivity index (χ4v) is 6.35. The van der Waals surface area contributed by atoms with Crippen molar-refractivity contribution in [3.05, 3.63) is 42.3 Å². The van der Waals surface area contributed by atoms with Gasteiger partial charge in [-0.2, -0.15) is 0 Å². The Morgan fingerprint density at radius 3 is 2.56 bits per heavy atom. The smallest absolute Gasteiger partial charge is 0.267 e. The molecule has 9 nitrogen and oxygen atoms in total. The van der Waals surface area contributed by atoms with Crippen molar-refractivity contribution < 1.29 is 13.5 Å². The fourth-order valence-electron chi connectivity index (χ4n) is 4.77. The quantitative estimate of drug-likeness (QED) is 0.327. The maximum absolute atomic E-state index is 13.8. The van der Waals surface area contributed by atoms with Gasteiger partial charge in [-0.05, 0) is 19.2 Å². The number of thiazole rings is 2. The third-order valence-corrected chi connectivity index (χ3v) is 8.80. The highest BCUT2D eigenvalue weighted by Gasteiger charge is 2.39. The summed E-state index contributed by atoms with van der Waals surface area (Å²) in [7, 11) is 3.81. The van der Waals surface area contributed by atoms with E-state index in [0.29, 0.717) is 16.8 Å². The maximum Gasteiger partial charge on any atom is 0.267 e. The molecule has 0 spiro atoms. The number of methoxy groups -OCH3 is 1. The topological polar surface area (TPSA) is 82.5 Å². The van der Waals surface area contributed by atoms with Gasteiger partial charge in [0, 0.05) is 75.1 Å². The molecule has 0 radical (unpaired) electrons. The summed E-state index contributed by atoms with van der Waals surface area (Å²) in [5.41, 5.74) is 5.10. The molecule has 1 N–H and O–H groups in total. The van der Waals surface area contributed by atoms with Gasteiger partial charge in [-0.15, -0.1) is 11.3 Å². The Labute approximate surface area is 233 Å². The van der Waals surface area contributed by atoms with E-state index in [1.165, 1.54) is 22.7 Å². The van der Waals surface area contributed by atoms with E-state index in [1.54, 1.807) is 36.1 Å². The molecule has 2 saturated heterocycles. The largest absolute Gasteiger partial charge is 0.495 e. The Morgan fingerprint density at radius 2 is 1.85 bits per heavy atom. The Hall–Kier alpha value is -3.42. The summed E-state index contributed by atoms with van der Waals surface area (Å²) in [5.74, 6) is -1.50. The van der Waals surface area contributed by atoms with E-state index in [2.05, 4.69) is 43.2 Å². The number of benzene rings is 1. The van der Waals surface area contributed by atoms with Crippen LogP contribution in [0.2, 0.25) is 0 Å². The molecule has 0 saturated carbocycles. The van der Waals surface area contributed by atoms with Crippen LogP contribution in [0.5, 0.6) is 5.75 Å². The molecule has 5 heterocycles. The lowest BCUT2D eigenvalue weighted by Gasteiger charge is -2.34. The van der Waals surface area contributed by atoms with E-state index in [9.17, 15) is 8.78 Å². The summed E-state index contributed by atoms with van der Waals surface area (Å²) in [6.45, 7) is 3.86. The molecule has 204 valence electrons. The van der Waals surface area contributed by atoms with Crippen molar-refractivity contribution in [2.75, 3.05) is 68.5 Å². The van der Waals surface area contributed by atoms with E-state index in [0.717, 1.165) is 58.6 Å². The van der Waals surface area contributed by atoms with Crippen LogP contribution in [0.4, 0.5) is 31.2 Å². The third kappa shape index (κ3) is 5.52. The molecular formula is C26H28F2N8OS2. The number of nitrogens with one attached hydrogen (secondary N) is 1. The predicted octanol–water partition coefficient (Wildman–Crippen LogP) is 5.07. The van der Waals surface area contributed by atoms with E-state index >= 15 is 0 Å². The van der Waals surface area contributed by atoms with Gasteiger partial charge < -0.3 is 24.8 Å². The summed E-state index contributed by atoms with van der Waals surface area (Å²) in [5, 5.41) is 3.87. The first-order chi connectivity index (χ1) is 18.9. The summed E-state index contributed by atoms with van der Waals surface area (Å²) >= 11 is 2.84. The van der Waals surface area contributed by atoms with E-state index in [1.807, 2.05) is 12.1 Å². The van der Waals surface area contributed by atoms with Crippen LogP contribution in [-0.4, -0.2) is 84.2 Å². The number of likely N-dealkylation sites (N-methyl/N-ethyl adjacent to an activating group) is 1. The average Bonchev–Trinajstić information content (AvgIpc) is 3.70. The second-order valence-corrected chi connectivity index (χ2v) is 11.6. The summed E-state index contributed by atoms with van der Waals surface area (Å²) in [6, 6.07) is 6.00. The number of nitrogens with zero attached hydrogens (tertiary/aromatic N) is 7. The second-order valence-electron chi connectivity index (χ2n) is 9.66. The van der Waals surface area contributed by atoms with Gasteiger partial charge in [0.15, 0.2) is 5.13 Å². The highest BCUT2D eigenvalue weighted by molar-refractivity contribution is 7.19. The number of hydrogen-bond acceptors (Lipinski definition) is 11. The molecule has 4 aromatic rings. The first-order valence-corrected chi connectivity index (χ1v) is 14.3. The summed E-state index contributed by atoms with van der Waals surface area (Å²) < 4.78 is 33.3. The molecular weight excluding hydrogens is 542 g/mol. The first kappa shape index (κ1) is 25.8. The lowest BCUT2D eigenvalue weighted by atomic mass is 10.2. The Morgan fingerprint density at radius 1 is 1.00 bits per heavy atom. The average molecular weight is 571 g/mol. The van der Waals surface area contributed by atoms with E-state index in [4.69, 9.17) is 9.72 Å². The van der Waals surface area contributed by atoms with Crippen molar-refractivity contribution in [3.8, 4) is 26.8 Å². The van der Waals surface area contributed by atoms with Crippen molar-refractivity contribution in [3.63, 3.8) is 0 Å². The molecule has 2 aliphatic heterocycles. The predicted molar refractivity (Wildman–Crippen MR) is 152 cm³/mol. The number of hydrogen-bond donors (Lipinski definition) is 1. The van der Waals surface area contributed by atoms with Crippen LogP contribution in [0.3, 0.4) is 0 Å². The van der Waals surface area contributed by atoms with Crippen LogP contribution in [-0.2, 0) is 0 Å². The molecule has 13 heteroatoms. The Balaban J connectivity index is 1.29. The molecule has 2 aliphatic rings. The minimum atomic E-state index is -2.69. The number of alkyl halides is 2. The zero-order valence-electron chi connectivity index (χ0n) is 21.6. The van der Waals surface area contributed by atoms with Gasteiger partial charge in [-0.3, -0.25) is 4.98 Å². The highest BCUT2D eigenvalue weighted by Crippen LogP contribution is 2.40. The SMILES string of the molecule is COc1cc(Nc2ncc(-c3cncs3)c(-c3cnc(N4CCC(F)(F)C4)s3)n2)ccc1N1CCN(C)CC1. The normalized spacial score (nSPS) is 17.5. The second kappa shape index (κ2) is 10.6. The van der Waals surface area contributed by atoms with Gasteiger partial charge in [-0.25, -0.2) is 23.7 Å². The molecule has 0 aliphatic carbocycles. The molecule has 0 amide bonds. The number of anilines is 4. The van der Waals surface area contributed by atoms with Crippen LogP contribution in [0.1, 0.15) is 6.42 Å². The van der Waals surface area contributed by atoms with Gasteiger partial charge in [-0.1, -0.05) is 11.3 Å². The standard InChI is InChI=1S/C26H28F2N8OS2/c1-34-7-9-35(10-8-34)19-4-3-17(11-20(19)37-2)32-24-30-12-18(21-13-29-16-38-21)23(33-24)22-14-31-25(39-22)36-6-5-26(27,28)15-36/h3-4,11-14,16H,5-10,15H2,1-2H3,(H,30,32,33). The number of halogens is 2. The van der Waals surface area contributed by atoms with Crippen LogP contribution < -0.4 is 19.9 Å². The van der Waals surface area contributed by atoms with Crippen molar-refractivity contribution in [1.82, 2.24) is 24.8 Å². The molecule has 3 aromatic heterocycles. The molecule has 0 bridgehead atoms. The molecule has 0 unspecified atom stereocenters. The van der Waals surface area contributed by atoms with E-state index in [-0.39, 0.29) is 19.5 Å². The van der Waals surface area contributed by atoms with Crippen LogP contribution in [0, 0.1) is 0 Å². The Bertz CT molecular complexity index is 1440. The molecule has 0 atom stereocenters. The van der Waals surface area contributed by atoms with Crippen molar-refractivity contribution in [2.24, 2.45) is 0 Å². The minimum absolute atomic E-state index is 0.160. The number of ether oxygens (including phenoxy) is 1. The van der Waals surface area contributed by atoms with Gasteiger partial charge in [0.2, 0.25) is 5.95 Å². The van der Waals surface area contributed by atoms with E-state index < -0.39 is 5.92 Å². The molecule has 39 heavy (non-hydrogen) atoms. The van der Waals surface area contributed by atoms with Gasteiger partial charge in [0.05, 0.1) is 40.3 Å². The summed E-state index contributed by atoms with van der Waals surface area (Å²) in [4.78, 5) is 26.0. The monoisotopic (exact) mass is 570 g/mol. The van der Waals surface area contributed by atoms with Crippen molar-refractivity contribution in [2.45, 2.75) is 12.3 Å². The first-order valence-electron chi connectivity index (χ1n) is 12.6. The van der Waals surface area contributed by atoms with Crippen LogP contribution in [0.25, 0.3) is 21.0 Å². The van der Waals surface area contributed by atoms with Gasteiger partial charge >= 0.3 is 0 Å². The number of rotatable bonds is 7. The zero-order chi connectivity index (χ0) is 27.0. The maximum atomic E-state index is 13.8. The lowest BCUT2D eigenvalue weighted by molar-refractivity contribution is 0.0257. The molecule has 1 aromatic carbocycles. The van der Waals surface area contributed by atoms with Crippen LogP contribution in [0.15, 0.2) is 42.3 Å². The van der Waals surface area contributed by atoms with Gasteiger partial charge in [0.25, 0.3) is 5.92 Å². The van der Waals surface area contributed by atoms with Gasteiger partial charge in [0.1, 0.15) is 5.75 Å². The fraction of sp³-hybridized carbons (Fsp3) is 0.385. The zero-order valence-corrected chi connectivity index (χ0v) is 23.2. The van der Waals surface area contributed by atoms with Crippen LogP contribution >= 0.6 is 22.7 Å². The number of aromatic nitrogens is 4. The number of piperazine rings is 1. The van der Waals surface area contributed by atoms with Crippen molar-refractivity contribution in [1.29, 1.82) is 0 Å². The molecule has 6 rings (SSSR count). The van der Waals surface area contributed by atoms with Crippen molar-refractivity contribution >= 4 is 45.1 Å². The molecule has 2 fully saturated rings. The highest BCUT2D eigenvalue weighted by atomic mass is 32.1. The summed E-state index contributed by atoms with van der Waals surface area (Å²) in [6.07, 6.45) is 5.07. The lowest BCUT2D eigenvalue weighted by Crippen LogP contribution is -2.44. The third-order valence-electron chi connectivity index (χ3n) is 6.93. The minimum Gasteiger partial charge on any atom is -0.495 e.